The van der Waals surface area contributed by atoms with Crippen LogP contribution in [0.15, 0.2) is 40.8 Å². The van der Waals surface area contributed by atoms with Gasteiger partial charge in [0.1, 0.15) is 5.76 Å². The molecule has 2 aromatic rings. The van der Waals surface area contributed by atoms with E-state index in [1.807, 2.05) is 0 Å². The highest BCUT2D eigenvalue weighted by atomic mass is 35.5. The Hall–Kier alpha value is -1.70. The van der Waals surface area contributed by atoms with Crippen molar-refractivity contribution >= 4 is 22.7 Å². The summed E-state index contributed by atoms with van der Waals surface area (Å²) in [6, 6.07) is 9.47. The number of rotatable bonds is 4. The van der Waals surface area contributed by atoms with Gasteiger partial charge in [0, 0.05) is 15.5 Å². The molecule has 0 aliphatic heterocycles. The van der Waals surface area contributed by atoms with Gasteiger partial charge in [0.2, 0.25) is 11.1 Å². The van der Waals surface area contributed by atoms with Gasteiger partial charge in [-0.3, -0.25) is 10.1 Å². The standard InChI is InChI=1S/C11H8ClNO5S/c12-8-3-1-7(2-4-8)9-5-6-10(18-9)11(13(14)15)19(16)17/h1-6,11H,(H,16,17). The van der Waals surface area contributed by atoms with Crippen LogP contribution < -0.4 is 0 Å². The zero-order chi connectivity index (χ0) is 14.0. The number of nitrogens with zero attached hydrogens (tertiary/aromatic N) is 1. The molecule has 0 bridgehead atoms. The monoisotopic (exact) mass is 301 g/mol. The normalized spacial score (nSPS) is 14.0. The average molecular weight is 302 g/mol. The lowest BCUT2D eigenvalue weighted by Gasteiger charge is -2.01. The Labute approximate surface area is 115 Å². The van der Waals surface area contributed by atoms with E-state index in [0.717, 1.165) is 0 Å². The molecule has 1 aromatic heterocycles. The lowest BCUT2D eigenvalue weighted by molar-refractivity contribution is -0.505. The van der Waals surface area contributed by atoms with E-state index in [9.17, 15) is 14.3 Å². The van der Waals surface area contributed by atoms with Crippen molar-refractivity contribution < 1.29 is 18.1 Å². The lowest BCUT2D eigenvalue weighted by atomic mass is 10.2. The van der Waals surface area contributed by atoms with Gasteiger partial charge in [-0.2, -0.15) is 0 Å². The van der Waals surface area contributed by atoms with Crippen LogP contribution in [0.4, 0.5) is 0 Å². The SMILES string of the molecule is O=[N+]([O-])C(c1ccc(-c2ccc(Cl)cc2)o1)S(=O)O. The summed E-state index contributed by atoms with van der Waals surface area (Å²) >= 11 is 3.10. The highest BCUT2D eigenvalue weighted by molar-refractivity contribution is 7.79. The van der Waals surface area contributed by atoms with Crippen molar-refractivity contribution in [1.82, 2.24) is 0 Å². The molecule has 0 radical (unpaired) electrons. The Kier molecular flexibility index (Phi) is 3.98. The fourth-order valence-corrected chi connectivity index (χ4v) is 2.13. The molecule has 0 fully saturated rings. The van der Waals surface area contributed by atoms with E-state index in [1.165, 1.54) is 12.1 Å². The van der Waals surface area contributed by atoms with E-state index in [1.54, 1.807) is 24.3 Å². The molecule has 0 spiro atoms. The van der Waals surface area contributed by atoms with Crippen LogP contribution in [0.25, 0.3) is 11.3 Å². The molecule has 0 saturated carbocycles. The van der Waals surface area contributed by atoms with Crippen LogP contribution in [0.2, 0.25) is 5.02 Å². The van der Waals surface area contributed by atoms with Gasteiger partial charge < -0.3 is 8.97 Å². The van der Waals surface area contributed by atoms with Gasteiger partial charge in [0.15, 0.2) is 5.76 Å². The van der Waals surface area contributed by atoms with Crippen molar-refractivity contribution in [3.8, 4) is 11.3 Å². The molecule has 19 heavy (non-hydrogen) atoms. The van der Waals surface area contributed by atoms with E-state index in [2.05, 4.69) is 0 Å². The number of halogens is 1. The van der Waals surface area contributed by atoms with Gasteiger partial charge in [-0.1, -0.05) is 11.6 Å². The molecule has 0 aliphatic rings. The predicted molar refractivity (Wildman–Crippen MR) is 69.7 cm³/mol. The minimum Gasteiger partial charge on any atom is -0.453 e. The maximum Gasteiger partial charge on any atom is 0.366 e. The summed E-state index contributed by atoms with van der Waals surface area (Å²) in [7, 11) is 0. The lowest BCUT2D eigenvalue weighted by Crippen LogP contribution is -2.14. The highest BCUT2D eigenvalue weighted by Crippen LogP contribution is 2.28. The Morgan fingerprint density at radius 1 is 1.26 bits per heavy atom. The smallest absolute Gasteiger partial charge is 0.366 e. The van der Waals surface area contributed by atoms with Crippen molar-refractivity contribution in [2.75, 3.05) is 0 Å². The summed E-state index contributed by atoms with van der Waals surface area (Å²) in [5.74, 6) is 0.194. The third kappa shape index (κ3) is 3.01. The van der Waals surface area contributed by atoms with Crippen molar-refractivity contribution in [3.05, 3.63) is 57.3 Å². The molecule has 2 atom stereocenters. The molecule has 6 nitrogen and oxygen atoms in total. The number of nitro groups is 1. The molecule has 2 unspecified atom stereocenters. The van der Waals surface area contributed by atoms with E-state index < -0.39 is 21.4 Å². The van der Waals surface area contributed by atoms with Gasteiger partial charge in [-0.25, -0.2) is 4.21 Å². The van der Waals surface area contributed by atoms with Gasteiger partial charge in [0.05, 0.1) is 0 Å². The van der Waals surface area contributed by atoms with Gasteiger partial charge in [-0.05, 0) is 36.4 Å². The van der Waals surface area contributed by atoms with Crippen LogP contribution in [-0.4, -0.2) is 13.7 Å². The highest BCUT2D eigenvalue weighted by Gasteiger charge is 2.33. The molecule has 8 heteroatoms. The fourth-order valence-electron chi connectivity index (χ4n) is 1.53. The topological polar surface area (TPSA) is 93.6 Å². The predicted octanol–water partition coefficient (Wildman–Crippen LogP) is 3.10. The largest absolute Gasteiger partial charge is 0.453 e. The second-order valence-electron chi connectivity index (χ2n) is 3.62. The molecule has 1 N–H and O–H groups in total. The molecule has 1 heterocycles. The van der Waals surface area contributed by atoms with Crippen LogP contribution >= 0.6 is 11.6 Å². The molecule has 2 rings (SSSR count). The first-order chi connectivity index (χ1) is 8.99. The molecule has 0 amide bonds. The second kappa shape index (κ2) is 5.52. The maximum absolute atomic E-state index is 10.9. The average Bonchev–Trinajstić information content (AvgIpc) is 2.78. The maximum atomic E-state index is 10.9. The Balaban J connectivity index is 2.35. The molecule has 0 aliphatic carbocycles. The number of furan rings is 1. The summed E-state index contributed by atoms with van der Waals surface area (Å²) in [4.78, 5) is 9.85. The zero-order valence-electron chi connectivity index (χ0n) is 9.36. The Morgan fingerprint density at radius 3 is 2.42 bits per heavy atom. The first kappa shape index (κ1) is 13.7. The fraction of sp³-hybridized carbons (Fsp3) is 0.0909. The molecular formula is C11H8ClNO5S. The van der Waals surface area contributed by atoms with Crippen LogP contribution in [0.3, 0.4) is 0 Å². The summed E-state index contributed by atoms with van der Waals surface area (Å²) in [5.41, 5.74) is 0.668. The van der Waals surface area contributed by atoms with Crippen molar-refractivity contribution in [2.24, 2.45) is 0 Å². The minimum absolute atomic E-state index is 0.171. The minimum atomic E-state index is -2.65. The van der Waals surface area contributed by atoms with Crippen LogP contribution in [0.1, 0.15) is 11.1 Å². The van der Waals surface area contributed by atoms with Crippen LogP contribution in [-0.2, 0) is 11.1 Å². The quantitative estimate of drug-likeness (QED) is 0.532. The summed E-state index contributed by atoms with van der Waals surface area (Å²) in [6.07, 6.45) is 0. The summed E-state index contributed by atoms with van der Waals surface area (Å²) < 4.78 is 25.1. The van der Waals surface area contributed by atoms with Gasteiger partial charge in [0.25, 0.3) is 0 Å². The summed E-state index contributed by atoms with van der Waals surface area (Å²) in [6.45, 7) is 0. The van der Waals surface area contributed by atoms with Gasteiger partial charge >= 0.3 is 5.37 Å². The second-order valence-corrected chi connectivity index (χ2v) is 5.06. The molecular weight excluding hydrogens is 294 g/mol. The Bertz CT molecular complexity index is 610. The Morgan fingerprint density at radius 2 is 1.89 bits per heavy atom. The first-order valence-electron chi connectivity index (χ1n) is 5.08. The van der Waals surface area contributed by atoms with E-state index >= 15 is 0 Å². The zero-order valence-corrected chi connectivity index (χ0v) is 10.9. The first-order valence-corrected chi connectivity index (χ1v) is 6.62. The molecule has 0 saturated heterocycles. The molecule has 100 valence electrons. The summed E-state index contributed by atoms with van der Waals surface area (Å²) in [5, 5.41) is 9.47. The molecule has 1 aromatic carbocycles. The number of hydrogen-bond acceptors (Lipinski definition) is 4. The van der Waals surface area contributed by atoms with E-state index in [0.29, 0.717) is 16.3 Å². The van der Waals surface area contributed by atoms with Crippen molar-refractivity contribution in [2.45, 2.75) is 5.37 Å². The third-order valence-corrected chi connectivity index (χ3v) is 3.42. The van der Waals surface area contributed by atoms with Crippen molar-refractivity contribution in [3.63, 3.8) is 0 Å². The van der Waals surface area contributed by atoms with Crippen LogP contribution in [0.5, 0.6) is 0 Å². The van der Waals surface area contributed by atoms with Gasteiger partial charge in [-0.15, -0.1) is 0 Å². The van der Waals surface area contributed by atoms with Crippen molar-refractivity contribution in [1.29, 1.82) is 0 Å². The van der Waals surface area contributed by atoms with Crippen LogP contribution in [0, 0.1) is 10.1 Å². The van der Waals surface area contributed by atoms with E-state index in [4.69, 9.17) is 20.6 Å². The van der Waals surface area contributed by atoms with E-state index in [-0.39, 0.29) is 5.76 Å². The third-order valence-electron chi connectivity index (χ3n) is 2.38. The number of benzene rings is 1. The number of hydrogen-bond donors (Lipinski definition) is 1.